The molecule has 1 aliphatic carbocycles. The van der Waals surface area contributed by atoms with Crippen LogP contribution in [0.2, 0.25) is 0 Å². The first kappa shape index (κ1) is 11.2. The van der Waals surface area contributed by atoms with Gasteiger partial charge in [0.15, 0.2) is 0 Å². The van der Waals surface area contributed by atoms with Crippen LogP contribution in [0.1, 0.15) is 31.2 Å². The number of nitrogens with zero attached hydrogens (tertiary/aromatic N) is 1. The molecule has 1 heterocycles. The van der Waals surface area contributed by atoms with Crippen LogP contribution in [-0.2, 0) is 5.41 Å². The van der Waals surface area contributed by atoms with Gasteiger partial charge >= 0.3 is 0 Å². The number of hydrogen-bond acceptors (Lipinski definition) is 2. The molecule has 2 fully saturated rings. The molecule has 1 aromatic rings. The van der Waals surface area contributed by atoms with Crippen molar-refractivity contribution in [3.63, 3.8) is 0 Å². The summed E-state index contributed by atoms with van der Waals surface area (Å²) in [5.74, 6) is 0. The fraction of sp³-hybridized carbons (Fsp3) is 0.600. The zero-order valence-corrected chi connectivity index (χ0v) is 10.3. The monoisotopic (exact) mass is 231 g/mol. The van der Waals surface area contributed by atoms with Gasteiger partial charge in [-0.15, -0.1) is 0 Å². The Bertz CT molecular complexity index is 372. The first-order valence-corrected chi connectivity index (χ1v) is 6.74. The van der Waals surface area contributed by atoms with Crippen molar-refractivity contribution >= 4 is 0 Å². The summed E-state index contributed by atoms with van der Waals surface area (Å²) in [6.45, 7) is 2.63. The molecule has 1 aromatic carbocycles. The van der Waals surface area contributed by atoms with Crippen molar-refractivity contribution in [1.82, 2.24) is 4.90 Å². The van der Waals surface area contributed by atoms with Crippen LogP contribution in [0.4, 0.5) is 0 Å². The van der Waals surface area contributed by atoms with E-state index < -0.39 is 0 Å². The van der Waals surface area contributed by atoms with Gasteiger partial charge < -0.3 is 5.11 Å². The first-order valence-electron chi connectivity index (χ1n) is 6.74. The summed E-state index contributed by atoms with van der Waals surface area (Å²) in [4.78, 5) is 2.50. The summed E-state index contributed by atoms with van der Waals surface area (Å²) >= 11 is 0. The molecule has 92 valence electrons. The van der Waals surface area contributed by atoms with Crippen LogP contribution in [0.3, 0.4) is 0 Å². The zero-order valence-electron chi connectivity index (χ0n) is 10.3. The van der Waals surface area contributed by atoms with Gasteiger partial charge in [-0.05, 0) is 37.8 Å². The third kappa shape index (κ3) is 2.12. The topological polar surface area (TPSA) is 23.5 Å². The second-order valence-electron chi connectivity index (χ2n) is 5.60. The second-order valence-corrected chi connectivity index (χ2v) is 5.60. The summed E-state index contributed by atoms with van der Waals surface area (Å²) in [7, 11) is 0. The van der Waals surface area contributed by atoms with E-state index in [-0.39, 0.29) is 0 Å². The summed E-state index contributed by atoms with van der Waals surface area (Å²) in [6.07, 6.45) is 5.04. The molecule has 17 heavy (non-hydrogen) atoms. The molecule has 0 radical (unpaired) electrons. The Morgan fingerprint density at radius 1 is 1.24 bits per heavy atom. The minimum Gasteiger partial charge on any atom is -0.395 e. The lowest BCUT2D eigenvalue weighted by Crippen LogP contribution is -2.38. The lowest BCUT2D eigenvalue weighted by molar-refractivity contribution is 0.149. The minimum absolute atomic E-state index is 0.324. The standard InChI is InChI=1S/C15H21NO/c17-11-14-7-4-10-16(14)12-15(8-9-15)13-5-2-1-3-6-13/h1-3,5-6,14,17H,4,7-12H2/t14-/m0/s1. The molecule has 0 amide bonds. The molecule has 1 atom stereocenters. The van der Waals surface area contributed by atoms with Crippen molar-refractivity contribution < 1.29 is 5.11 Å². The highest BCUT2D eigenvalue weighted by Gasteiger charge is 2.46. The Hall–Kier alpha value is -0.860. The molecule has 3 rings (SSSR count). The Morgan fingerprint density at radius 2 is 2.00 bits per heavy atom. The molecule has 1 aliphatic heterocycles. The van der Waals surface area contributed by atoms with E-state index >= 15 is 0 Å². The van der Waals surface area contributed by atoms with E-state index in [1.807, 2.05) is 0 Å². The quantitative estimate of drug-likeness (QED) is 0.858. The maximum absolute atomic E-state index is 9.38. The van der Waals surface area contributed by atoms with Crippen molar-refractivity contribution in [3.05, 3.63) is 35.9 Å². The van der Waals surface area contributed by atoms with E-state index in [1.54, 1.807) is 0 Å². The highest BCUT2D eigenvalue weighted by atomic mass is 16.3. The van der Waals surface area contributed by atoms with Crippen LogP contribution in [0, 0.1) is 0 Å². The van der Waals surface area contributed by atoms with Gasteiger partial charge in [0.25, 0.3) is 0 Å². The molecular formula is C15H21NO. The van der Waals surface area contributed by atoms with E-state index in [9.17, 15) is 5.11 Å². The van der Waals surface area contributed by atoms with Gasteiger partial charge in [0.05, 0.1) is 6.61 Å². The first-order chi connectivity index (χ1) is 8.34. The molecule has 0 aromatic heterocycles. The molecule has 1 saturated heterocycles. The van der Waals surface area contributed by atoms with Crippen molar-refractivity contribution in [2.24, 2.45) is 0 Å². The molecule has 1 saturated carbocycles. The van der Waals surface area contributed by atoms with Gasteiger partial charge in [0, 0.05) is 18.0 Å². The summed E-state index contributed by atoms with van der Waals surface area (Å²) in [5.41, 5.74) is 1.89. The highest BCUT2D eigenvalue weighted by molar-refractivity contribution is 5.31. The summed E-state index contributed by atoms with van der Waals surface area (Å²) in [6, 6.07) is 11.3. The lowest BCUT2D eigenvalue weighted by Gasteiger charge is -2.28. The average molecular weight is 231 g/mol. The summed E-state index contributed by atoms with van der Waals surface area (Å²) < 4.78 is 0. The number of hydrogen-bond donors (Lipinski definition) is 1. The molecule has 1 N–H and O–H groups in total. The van der Waals surface area contributed by atoms with Gasteiger partial charge in [-0.2, -0.15) is 0 Å². The fourth-order valence-corrected chi connectivity index (χ4v) is 3.18. The van der Waals surface area contributed by atoms with E-state index in [0.717, 1.165) is 6.54 Å². The third-order valence-corrected chi connectivity index (χ3v) is 4.46. The molecular weight excluding hydrogens is 210 g/mol. The number of rotatable bonds is 4. The number of aliphatic hydroxyl groups is 1. The van der Waals surface area contributed by atoms with Crippen LogP contribution >= 0.6 is 0 Å². The van der Waals surface area contributed by atoms with Crippen molar-refractivity contribution in [3.8, 4) is 0 Å². The largest absolute Gasteiger partial charge is 0.395 e. The predicted octanol–water partition coefficient (Wildman–Crippen LogP) is 2.17. The van der Waals surface area contributed by atoms with E-state index in [0.29, 0.717) is 18.1 Å². The highest BCUT2D eigenvalue weighted by Crippen LogP contribution is 2.49. The van der Waals surface area contributed by atoms with Crippen LogP contribution in [0.15, 0.2) is 30.3 Å². The minimum atomic E-state index is 0.324. The summed E-state index contributed by atoms with van der Waals surface area (Å²) in [5, 5.41) is 9.38. The molecule has 0 spiro atoms. The second kappa shape index (κ2) is 4.43. The van der Waals surface area contributed by atoms with E-state index in [1.165, 1.54) is 37.8 Å². The number of benzene rings is 1. The Labute approximate surface area is 103 Å². The molecule has 2 nitrogen and oxygen atoms in total. The van der Waals surface area contributed by atoms with Crippen molar-refractivity contribution in [2.45, 2.75) is 37.1 Å². The lowest BCUT2D eigenvalue weighted by atomic mass is 9.95. The third-order valence-electron chi connectivity index (χ3n) is 4.46. The maximum atomic E-state index is 9.38. The molecule has 0 bridgehead atoms. The predicted molar refractivity (Wildman–Crippen MR) is 69.0 cm³/mol. The van der Waals surface area contributed by atoms with Gasteiger partial charge in [-0.3, -0.25) is 4.90 Å². The molecule has 2 aliphatic rings. The van der Waals surface area contributed by atoms with Crippen LogP contribution in [-0.4, -0.2) is 35.7 Å². The average Bonchev–Trinajstić information content (AvgIpc) is 3.02. The van der Waals surface area contributed by atoms with E-state index in [2.05, 4.69) is 35.2 Å². The van der Waals surface area contributed by atoms with Crippen molar-refractivity contribution in [2.75, 3.05) is 19.7 Å². The number of aliphatic hydroxyl groups excluding tert-OH is 1. The molecule has 2 heteroatoms. The Balaban J connectivity index is 1.73. The van der Waals surface area contributed by atoms with Gasteiger partial charge in [0.2, 0.25) is 0 Å². The molecule has 0 unspecified atom stereocenters. The van der Waals surface area contributed by atoms with Crippen molar-refractivity contribution in [1.29, 1.82) is 0 Å². The van der Waals surface area contributed by atoms with Gasteiger partial charge in [-0.25, -0.2) is 0 Å². The fourth-order valence-electron chi connectivity index (χ4n) is 3.18. The maximum Gasteiger partial charge on any atom is 0.0586 e. The Morgan fingerprint density at radius 3 is 2.65 bits per heavy atom. The van der Waals surface area contributed by atoms with E-state index in [4.69, 9.17) is 0 Å². The SMILES string of the molecule is OC[C@@H]1CCCN1CC1(c2ccccc2)CC1. The number of likely N-dealkylation sites (tertiary alicyclic amines) is 1. The Kier molecular flexibility index (Phi) is 2.93. The zero-order chi connectivity index (χ0) is 11.7. The van der Waals surface area contributed by atoms with Gasteiger partial charge in [0.1, 0.15) is 0 Å². The van der Waals surface area contributed by atoms with Gasteiger partial charge in [-0.1, -0.05) is 30.3 Å². The van der Waals surface area contributed by atoms with Crippen LogP contribution < -0.4 is 0 Å². The normalized spacial score (nSPS) is 27.2. The van der Waals surface area contributed by atoms with Crippen LogP contribution in [0.5, 0.6) is 0 Å². The smallest absolute Gasteiger partial charge is 0.0586 e. The van der Waals surface area contributed by atoms with Crippen LogP contribution in [0.25, 0.3) is 0 Å².